The highest BCUT2D eigenvalue weighted by atomic mass is 32.2. The van der Waals surface area contributed by atoms with Gasteiger partial charge in [-0.3, -0.25) is 0 Å². The summed E-state index contributed by atoms with van der Waals surface area (Å²) in [4.78, 5) is 16.1. The minimum Gasteiger partial charge on any atom is -0.443 e. The SMILES string of the molecule is CCO.CCS(=N)(=O)c1ccc(N2CCCC2)c(-c2cc3ccccc3n2C(=O)OC(C)(C)C)c1. The largest absolute Gasteiger partial charge is 0.443 e. The van der Waals surface area contributed by atoms with Crippen molar-refractivity contribution in [2.24, 2.45) is 0 Å². The zero-order valence-corrected chi connectivity index (χ0v) is 22.2. The van der Waals surface area contributed by atoms with Gasteiger partial charge in [-0.05, 0) is 70.9 Å². The number of ether oxygens (including phenoxy) is 1. The Morgan fingerprint density at radius 2 is 1.71 bits per heavy atom. The van der Waals surface area contributed by atoms with E-state index in [-0.39, 0.29) is 12.4 Å². The summed E-state index contributed by atoms with van der Waals surface area (Å²) in [5.74, 6) is 0.241. The summed E-state index contributed by atoms with van der Waals surface area (Å²) < 4.78 is 28.6. The fraction of sp³-hybridized carbons (Fsp3) is 0.444. The van der Waals surface area contributed by atoms with Gasteiger partial charge in [0.05, 0.1) is 20.9 Å². The lowest BCUT2D eigenvalue weighted by molar-refractivity contribution is 0.0547. The Hall–Kier alpha value is -2.84. The number of hydrogen-bond acceptors (Lipinski definition) is 6. The number of aliphatic hydroxyl groups is 1. The number of para-hydroxylation sites is 1. The zero-order chi connectivity index (χ0) is 25.8. The Morgan fingerprint density at radius 1 is 1.09 bits per heavy atom. The molecule has 1 aliphatic heterocycles. The zero-order valence-electron chi connectivity index (χ0n) is 21.3. The fourth-order valence-corrected chi connectivity index (χ4v) is 5.11. The molecule has 0 amide bonds. The second kappa shape index (κ2) is 10.8. The summed E-state index contributed by atoms with van der Waals surface area (Å²) in [5.41, 5.74) is 2.61. The van der Waals surface area contributed by atoms with Crippen LogP contribution in [0.1, 0.15) is 47.5 Å². The second-order valence-corrected chi connectivity index (χ2v) is 12.0. The first-order valence-electron chi connectivity index (χ1n) is 12.1. The van der Waals surface area contributed by atoms with Gasteiger partial charge in [0.2, 0.25) is 0 Å². The Kier molecular flexibility index (Phi) is 8.28. The maximum Gasteiger partial charge on any atom is 0.419 e. The van der Waals surface area contributed by atoms with Crippen molar-refractivity contribution in [3.63, 3.8) is 0 Å². The number of benzene rings is 2. The van der Waals surface area contributed by atoms with E-state index in [1.165, 1.54) is 0 Å². The van der Waals surface area contributed by atoms with Gasteiger partial charge in [-0.15, -0.1) is 0 Å². The van der Waals surface area contributed by atoms with Gasteiger partial charge in [-0.1, -0.05) is 25.1 Å². The quantitative estimate of drug-likeness (QED) is 0.451. The number of nitrogens with zero attached hydrogens (tertiary/aromatic N) is 2. The van der Waals surface area contributed by atoms with Crippen LogP contribution in [0.15, 0.2) is 53.4 Å². The molecule has 190 valence electrons. The van der Waals surface area contributed by atoms with Crippen LogP contribution >= 0.6 is 0 Å². The highest BCUT2D eigenvalue weighted by molar-refractivity contribution is 7.92. The first-order valence-corrected chi connectivity index (χ1v) is 13.9. The van der Waals surface area contributed by atoms with Crippen LogP contribution in [-0.2, 0) is 14.5 Å². The van der Waals surface area contributed by atoms with E-state index in [1.54, 1.807) is 24.5 Å². The summed E-state index contributed by atoms with van der Waals surface area (Å²) in [6.45, 7) is 11.1. The molecule has 0 bridgehead atoms. The van der Waals surface area contributed by atoms with E-state index >= 15 is 0 Å². The molecular formula is C27H37N3O4S. The summed E-state index contributed by atoms with van der Waals surface area (Å²) in [6, 6.07) is 15.3. The maximum atomic E-state index is 13.3. The number of aromatic nitrogens is 1. The first-order chi connectivity index (χ1) is 16.5. The van der Waals surface area contributed by atoms with Gasteiger partial charge in [0.1, 0.15) is 5.60 Å². The van der Waals surface area contributed by atoms with Gasteiger partial charge in [0.25, 0.3) is 0 Å². The van der Waals surface area contributed by atoms with Crippen molar-refractivity contribution >= 4 is 32.4 Å². The first kappa shape index (κ1) is 26.8. The molecule has 0 aliphatic carbocycles. The summed E-state index contributed by atoms with van der Waals surface area (Å²) in [7, 11) is -2.90. The number of fused-ring (bicyclic) bond motifs is 1. The number of rotatable bonds is 4. The van der Waals surface area contributed by atoms with Gasteiger partial charge in [-0.2, -0.15) is 0 Å². The normalized spacial score (nSPS) is 15.4. The Morgan fingerprint density at radius 3 is 2.31 bits per heavy atom. The predicted molar refractivity (Wildman–Crippen MR) is 143 cm³/mol. The van der Waals surface area contributed by atoms with E-state index in [0.717, 1.165) is 48.1 Å². The molecular weight excluding hydrogens is 462 g/mol. The van der Waals surface area contributed by atoms with Gasteiger partial charge >= 0.3 is 6.09 Å². The standard InChI is InChI=1S/C25H31N3O3S.C2H6O/c1-5-32(26,30)19-12-13-22(27-14-8-9-15-27)20(17-19)23-16-18-10-6-7-11-21(18)28(23)24(29)31-25(2,3)4;1-2-3/h6-7,10-13,16-17,26H,5,8-9,14-15H2,1-4H3;3H,2H2,1H3. The summed E-state index contributed by atoms with van der Waals surface area (Å²) in [5, 5.41) is 8.49. The molecule has 1 fully saturated rings. The second-order valence-electron chi connectivity index (χ2n) is 9.56. The molecule has 0 spiro atoms. The van der Waals surface area contributed by atoms with Crippen LogP contribution in [0.3, 0.4) is 0 Å². The number of carbonyl (C=O) groups excluding carboxylic acids is 1. The van der Waals surface area contributed by atoms with Crippen molar-refractivity contribution in [2.75, 3.05) is 30.3 Å². The molecule has 4 rings (SSSR count). The van der Waals surface area contributed by atoms with Crippen LogP contribution in [-0.4, -0.2) is 51.0 Å². The number of aliphatic hydroxyl groups excluding tert-OH is 1. The van der Waals surface area contributed by atoms with E-state index in [4.69, 9.17) is 14.6 Å². The maximum absolute atomic E-state index is 13.3. The third-order valence-electron chi connectivity index (χ3n) is 5.76. The molecule has 2 N–H and O–H groups in total. The van der Waals surface area contributed by atoms with Crippen molar-refractivity contribution in [3.8, 4) is 11.3 Å². The number of nitrogens with one attached hydrogen (secondary N) is 1. The lowest BCUT2D eigenvalue weighted by Gasteiger charge is -2.24. The average Bonchev–Trinajstić information content (AvgIpc) is 3.46. The smallest absolute Gasteiger partial charge is 0.419 e. The van der Waals surface area contributed by atoms with Crippen LogP contribution < -0.4 is 4.90 Å². The lowest BCUT2D eigenvalue weighted by atomic mass is 10.1. The predicted octanol–water partition coefficient (Wildman–Crippen LogP) is 6.12. The van der Waals surface area contributed by atoms with Crippen LogP contribution in [0.25, 0.3) is 22.2 Å². The molecule has 0 radical (unpaired) electrons. The molecule has 2 aromatic carbocycles. The summed E-state index contributed by atoms with van der Waals surface area (Å²) in [6.07, 6.45) is 1.77. The molecule has 8 heteroatoms. The molecule has 1 aliphatic rings. The molecule has 0 saturated carbocycles. The molecule has 1 atom stereocenters. The van der Waals surface area contributed by atoms with Gasteiger partial charge in [0, 0.05) is 47.0 Å². The van der Waals surface area contributed by atoms with Crippen molar-refractivity contribution in [1.29, 1.82) is 4.78 Å². The number of carbonyl (C=O) groups is 1. The fourth-order valence-electron chi connectivity index (χ4n) is 4.18. The van der Waals surface area contributed by atoms with Crippen molar-refractivity contribution in [2.45, 2.75) is 58.0 Å². The minimum atomic E-state index is -2.90. The third kappa shape index (κ3) is 6.05. The third-order valence-corrected chi connectivity index (χ3v) is 7.59. The van der Waals surface area contributed by atoms with E-state index < -0.39 is 21.4 Å². The van der Waals surface area contributed by atoms with Gasteiger partial charge in [-0.25, -0.2) is 18.4 Å². The van der Waals surface area contributed by atoms with E-state index in [0.29, 0.717) is 10.6 Å². The van der Waals surface area contributed by atoms with Crippen molar-refractivity contribution < 1.29 is 18.8 Å². The molecule has 7 nitrogen and oxygen atoms in total. The van der Waals surface area contributed by atoms with Gasteiger partial charge < -0.3 is 14.7 Å². The molecule has 3 aromatic rings. The molecule has 1 saturated heterocycles. The number of hydrogen-bond donors (Lipinski definition) is 2. The molecule has 1 unspecified atom stereocenters. The van der Waals surface area contributed by atoms with Gasteiger partial charge in [0.15, 0.2) is 0 Å². The highest BCUT2D eigenvalue weighted by Crippen LogP contribution is 2.38. The summed E-state index contributed by atoms with van der Waals surface area (Å²) >= 11 is 0. The molecule has 2 heterocycles. The van der Waals surface area contributed by atoms with Crippen molar-refractivity contribution in [3.05, 3.63) is 48.5 Å². The Balaban J connectivity index is 0.00000108. The molecule has 35 heavy (non-hydrogen) atoms. The topological polar surface area (TPSA) is 95.6 Å². The highest BCUT2D eigenvalue weighted by Gasteiger charge is 2.26. The van der Waals surface area contributed by atoms with E-state index in [9.17, 15) is 9.00 Å². The van der Waals surface area contributed by atoms with Crippen LogP contribution in [0.5, 0.6) is 0 Å². The van der Waals surface area contributed by atoms with Crippen LogP contribution in [0.2, 0.25) is 0 Å². The van der Waals surface area contributed by atoms with E-state index in [1.807, 2.05) is 63.2 Å². The monoisotopic (exact) mass is 499 g/mol. The Bertz CT molecular complexity index is 1280. The van der Waals surface area contributed by atoms with Crippen LogP contribution in [0, 0.1) is 4.78 Å². The number of anilines is 1. The molecule has 1 aromatic heterocycles. The van der Waals surface area contributed by atoms with Crippen molar-refractivity contribution in [1.82, 2.24) is 4.57 Å². The van der Waals surface area contributed by atoms with E-state index in [2.05, 4.69) is 4.90 Å². The Labute approximate surface area is 208 Å². The minimum absolute atomic E-state index is 0.241. The van der Waals surface area contributed by atoms with Crippen LogP contribution in [0.4, 0.5) is 10.5 Å². The lowest BCUT2D eigenvalue weighted by Crippen LogP contribution is -2.27. The average molecular weight is 500 g/mol.